The average Bonchev–Trinajstić information content (AvgIpc) is 2.72. The van der Waals surface area contributed by atoms with E-state index in [1.54, 1.807) is 18.2 Å². The quantitative estimate of drug-likeness (QED) is 0.671. The van der Waals surface area contributed by atoms with E-state index in [1.165, 1.54) is 11.0 Å². The van der Waals surface area contributed by atoms with Crippen LogP contribution in [0.3, 0.4) is 0 Å². The van der Waals surface area contributed by atoms with E-state index in [2.05, 4.69) is 12.6 Å². The number of carbonyl (C=O) groups is 3. The smallest absolute Gasteiger partial charge is 0.261 e. The summed E-state index contributed by atoms with van der Waals surface area (Å²) in [7, 11) is 0. The third-order valence-corrected chi connectivity index (χ3v) is 4.00. The molecule has 0 fully saturated rings. The molecule has 3 rings (SSSR count). The fourth-order valence-corrected chi connectivity index (χ4v) is 2.89. The van der Waals surface area contributed by atoms with E-state index in [-0.39, 0.29) is 16.9 Å². The summed E-state index contributed by atoms with van der Waals surface area (Å²) in [6.45, 7) is 0. The number of benzene rings is 1. The molecule has 1 aliphatic heterocycles. The van der Waals surface area contributed by atoms with Gasteiger partial charge in [0, 0.05) is 16.7 Å². The van der Waals surface area contributed by atoms with Gasteiger partial charge in [-0.1, -0.05) is 12.1 Å². The van der Waals surface area contributed by atoms with Gasteiger partial charge in [0.15, 0.2) is 0 Å². The van der Waals surface area contributed by atoms with Crippen molar-refractivity contribution >= 4 is 35.2 Å². The average molecular weight is 287 g/mol. The lowest BCUT2D eigenvalue weighted by atomic mass is 9.93. The molecule has 1 aromatic rings. The molecule has 0 atom stereocenters. The van der Waals surface area contributed by atoms with E-state index >= 15 is 0 Å². The van der Waals surface area contributed by atoms with Gasteiger partial charge < -0.3 is 0 Å². The lowest BCUT2D eigenvalue weighted by Crippen LogP contribution is -2.31. The third-order valence-electron chi connectivity index (χ3n) is 3.74. The van der Waals surface area contributed by atoms with E-state index in [0.717, 1.165) is 12.8 Å². The Labute approximate surface area is 121 Å². The van der Waals surface area contributed by atoms with Crippen LogP contribution in [-0.2, 0) is 9.59 Å². The summed E-state index contributed by atoms with van der Waals surface area (Å²) >= 11 is 3.77. The molecule has 102 valence electrons. The van der Waals surface area contributed by atoms with Gasteiger partial charge in [-0.05, 0) is 37.8 Å². The SMILES string of the molecule is O=C(S)c1cccc(N2C(=O)C3=C(CCCC3)C2=O)c1. The molecule has 1 aromatic carbocycles. The van der Waals surface area contributed by atoms with E-state index in [4.69, 9.17) is 0 Å². The van der Waals surface area contributed by atoms with Gasteiger partial charge in [-0.2, -0.15) is 0 Å². The monoisotopic (exact) mass is 287 g/mol. The topological polar surface area (TPSA) is 54.5 Å². The molecular formula is C15H13NO3S. The molecule has 0 saturated carbocycles. The molecule has 0 saturated heterocycles. The minimum Gasteiger partial charge on any atom is -0.282 e. The van der Waals surface area contributed by atoms with Crippen LogP contribution in [0.15, 0.2) is 35.4 Å². The van der Waals surface area contributed by atoms with Crippen molar-refractivity contribution in [3.8, 4) is 0 Å². The number of hydrogen-bond donors (Lipinski definition) is 1. The Bertz CT molecular complexity index is 635. The standard InChI is InChI=1S/C15H13NO3S/c17-13-11-6-1-2-7-12(11)14(18)16(13)10-5-3-4-9(8-10)15(19)20/h3-5,8H,1-2,6-7H2,(H,19,20). The van der Waals surface area contributed by atoms with Crippen molar-refractivity contribution in [3.63, 3.8) is 0 Å². The number of anilines is 1. The lowest BCUT2D eigenvalue weighted by Gasteiger charge is -2.15. The largest absolute Gasteiger partial charge is 0.282 e. The van der Waals surface area contributed by atoms with Crippen molar-refractivity contribution in [2.45, 2.75) is 25.7 Å². The zero-order valence-electron chi connectivity index (χ0n) is 10.8. The number of thiol groups is 1. The summed E-state index contributed by atoms with van der Waals surface area (Å²) in [4.78, 5) is 37.2. The summed E-state index contributed by atoms with van der Waals surface area (Å²) < 4.78 is 0. The molecule has 0 aromatic heterocycles. The van der Waals surface area contributed by atoms with Gasteiger partial charge in [0.05, 0.1) is 5.69 Å². The minimum atomic E-state index is -0.385. The highest BCUT2D eigenvalue weighted by Gasteiger charge is 2.39. The summed E-state index contributed by atoms with van der Waals surface area (Å²) in [5.41, 5.74) is 2.10. The maximum atomic E-state index is 12.4. The van der Waals surface area contributed by atoms with E-state index in [0.29, 0.717) is 35.2 Å². The van der Waals surface area contributed by atoms with Crippen LogP contribution in [0, 0.1) is 0 Å². The number of nitrogens with zero attached hydrogens (tertiary/aromatic N) is 1. The predicted octanol–water partition coefficient (Wildman–Crippen LogP) is 2.50. The Morgan fingerprint density at radius 1 is 1.05 bits per heavy atom. The van der Waals surface area contributed by atoms with Gasteiger partial charge in [-0.25, -0.2) is 4.90 Å². The maximum absolute atomic E-state index is 12.4. The molecule has 1 heterocycles. The Morgan fingerprint density at radius 3 is 2.20 bits per heavy atom. The third kappa shape index (κ3) is 1.98. The van der Waals surface area contributed by atoms with Crippen LogP contribution in [0.25, 0.3) is 0 Å². The molecule has 1 aliphatic carbocycles. The van der Waals surface area contributed by atoms with Gasteiger partial charge in [0.25, 0.3) is 11.8 Å². The number of amides is 2. The van der Waals surface area contributed by atoms with Crippen LogP contribution >= 0.6 is 12.6 Å². The van der Waals surface area contributed by atoms with Crippen molar-refractivity contribution < 1.29 is 14.4 Å². The second-order valence-corrected chi connectivity index (χ2v) is 5.37. The number of hydrogen-bond acceptors (Lipinski definition) is 3. The first-order valence-electron chi connectivity index (χ1n) is 6.54. The maximum Gasteiger partial charge on any atom is 0.261 e. The molecule has 4 nitrogen and oxygen atoms in total. The minimum absolute atomic E-state index is 0.242. The van der Waals surface area contributed by atoms with Crippen molar-refractivity contribution in [3.05, 3.63) is 41.0 Å². The number of imide groups is 1. The first-order chi connectivity index (χ1) is 9.59. The zero-order chi connectivity index (χ0) is 14.3. The zero-order valence-corrected chi connectivity index (χ0v) is 11.7. The van der Waals surface area contributed by atoms with Gasteiger partial charge in [0.2, 0.25) is 5.12 Å². The lowest BCUT2D eigenvalue weighted by molar-refractivity contribution is -0.120. The normalized spacial score (nSPS) is 18.6. The van der Waals surface area contributed by atoms with Crippen molar-refractivity contribution in [2.24, 2.45) is 0 Å². The van der Waals surface area contributed by atoms with Crippen LogP contribution in [0.4, 0.5) is 5.69 Å². The Balaban J connectivity index is 2.00. The van der Waals surface area contributed by atoms with Crippen molar-refractivity contribution in [2.75, 3.05) is 4.90 Å². The number of carbonyl (C=O) groups excluding carboxylic acids is 3. The molecule has 0 N–H and O–H groups in total. The van der Waals surface area contributed by atoms with Crippen molar-refractivity contribution in [1.82, 2.24) is 0 Å². The fraction of sp³-hybridized carbons (Fsp3) is 0.267. The molecule has 2 aliphatic rings. The van der Waals surface area contributed by atoms with Crippen LogP contribution < -0.4 is 4.90 Å². The Morgan fingerprint density at radius 2 is 1.65 bits per heavy atom. The van der Waals surface area contributed by atoms with Crippen LogP contribution in [-0.4, -0.2) is 16.9 Å². The molecule has 0 spiro atoms. The van der Waals surface area contributed by atoms with E-state index in [1.807, 2.05) is 0 Å². The highest BCUT2D eigenvalue weighted by Crippen LogP contribution is 2.35. The Kier molecular flexibility index (Phi) is 3.22. The summed E-state index contributed by atoms with van der Waals surface area (Å²) in [5, 5.41) is -0.385. The van der Waals surface area contributed by atoms with Crippen LogP contribution in [0.2, 0.25) is 0 Å². The highest BCUT2D eigenvalue weighted by atomic mass is 32.1. The van der Waals surface area contributed by atoms with Gasteiger partial charge in [-0.3, -0.25) is 14.4 Å². The fourth-order valence-electron chi connectivity index (χ4n) is 2.75. The first-order valence-corrected chi connectivity index (χ1v) is 6.98. The molecular weight excluding hydrogens is 274 g/mol. The molecule has 2 amide bonds. The molecule has 0 unspecified atom stereocenters. The molecule has 5 heteroatoms. The summed E-state index contributed by atoms with van der Waals surface area (Å²) in [6, 6.07) is 6.45. The number of rotatable bonds is 2. The molecule has 0 radical (unpaired) electrons. The molecule has 0 bridgehead atoms. The molecule has 20 heavy (non-hydrogen) atoms. The van der Waals surface area contributed by atoms with Crippen LogP contribution in [0.5, 0.6) is 0 Å². The predicted molar refractivity (Wildman–Crippen MR) is 77.7 cm³/mol. The van der Waals surface area contributed by atoms with E-state index in [9.17, 15) is 14.4 Å². The second kappa shape index (κ2) is 4.90. The van der Waals surface area contributed by atoms with Crippen molar-refractivity contribution in [1.29, 1.82) is 0 Å². The summed E-state index contributed by atoms with van der Waals surface area (Å²) in [5.74, 6) is -0.484. The van der Waals surface area contributed by atoms with Crippen LogP contribution in [0.1, 0.15) is 36.0 Å². The first kappa shape index (κ1) is 13.1. The van der Waals surface area contributed by atoms with Gasteiger partial charge >= 0.3 is 0 Å². The summed E-state index contributed by atoms with van der Waals surface area (Å²) in [6.07, 6.45) is 3.23. The van der Waals surface area contributed by atoms with Gasteiger partial charge in [-0.15, -0.1) is 12.6 Å². The van der Waals surface area contributed by atoms with E-state index < -0.39 is 0 Å². The highest BCUT2D eigenvalue weighted by molar-refractivity contribution is 7.97. The Hall–Kier alpha value is -1.88. The second-order valence-electron chi connectivity index (χ2n) is 4.97. The van der Waals surface area contributed by atoms with Gasteiger partial charge in [0.1, 0.15) is 0 Å².